The third-order valence-electron chi connectivity index (χ3n) is 3.80. The largest absolute Gasteiger partial charge is 0.417 e. The second kappa shape index (κ2) is 8.88. The first-order valence-corrected chi connectivity index (χ1v) is 9.59. The SMILES string of the molecule is Nn1c(Cc2ccccc2F)nnc1SCC(=O)Nc1ncc(C(F)(F)F)cc1Cl. The van der Waals surface area contributed by atoms with Gasteiger partial charge in [0.05, 0.1) is 16.3 Å². The average Bonchev–Trinajstić information content (AvgIpc) is 3.02. The van der Waals surface area contributed by atoms with Crippen LogP contribution in [0.4, 0.5) is 23.4 Å². The fraction of sp³-hybridized carbons (Fsp3) is 0.176. The number of nitrogens with one attached hydrogen (secondary N) is 1. The van der Waals surface area contributed by atoms with E-state index in [4.69, 9.17) is 17.4 Å². The van der Waals surface area contributed by atoms with Gasteiger partial charge in [0.1, 0.15) is 5.82 Å². The molecule has 0 bridgehead atoms. The molecular formula is C17H13ClF4N6OS. The first-order chi connectivity index (χ1) is 14.1. The predicted octanol–water partition coefficient (Wildman–Crippen LogP) is 3.52. The van der Waals surface area contributed by atoms with Crippen molar-refractivity contribution in [1.29, 1.82) is 0 Å². The number of carbonyl (C=O) groups excluding carboxylic acids is 1. The van der Waals surface area contributed by atoms with Crippen molar-refractivity contribution in [2.45, 2.75) is 17.8 Å². The molecule has 3 N–H and O–H groups in total. The summed E-state index contributed by atoms with van der Waals surface area (Å²) in [6.07, 6.45) is -3.92. The highest BCUT2D eigenvalue weighted by atomic mass is 35.5. The molecule has 0 unspecified atom stereocenters. The predicted molar refractivity (Wildman–Crippen MR) is 103 cm³/mol. The van der Waals surface area contributed by atoms with Crippen molar-refractivity contribution in [2.24, 2.45) is 0 Å². The minimum absolute atomic E-state index is 0.105. The molecule has 0 atom stereocenters. The number of aromatic nitrogens is 4. The molecule has 2 heterocycles. The van der Waals surface area contributed by atoms with E-state index in [1.165, 1.54) is 6.07 Å². The number of benzene rings is 1. The molecule has 0 aliphatic heterocycles. The van der Waals surface area contributed by atoms with Crippen molar-refractivity contribution in [3.63, 3.8) is 0 Å². The number of hydrogen-bond acceptors (Lipinski definition) is 6. The van der Waals surface area contributed by atoms with Crippen molar-refractivity contribution < 1.29 is 22.4 Å². The Hall–Kier alpha value is -2.86. The van der Waals surface area contributed by atoms with E-state index >= 15 is 0 Å². The van der Waals surface area contributed by atoms with E-state index in [0.29, 0.717) is 17.8 Å². The molecule has 0 aliphatic carbocycles. The molecule has 13 heteroatoms. The zero-order valence-electron chi connectivity index (χ0n) is 15.0. The molecule has 30 heavy (non-hydrogen) atoms. The maximum absolute atomic E-state index is 13.8. The summed E-state index contributed by atoms with van der Waals surface area (Å²) >= 11 is 6.68. The first-order valence-electron chi connectivity index (χ1n) is 8.23. The third-order valence-corrected chi connectivity index (χ3v) is 5.03. The Morgan fingerprint density at radius 1 is 1.27 bits per heavy atom. The van der Waals surface area contributed by atoms with Gasteiger partial charge >= 0.3 is 6.18 Å². The van der Waals surface area contributed by atoms with Gasteiger partial charge in [-0.05, 0) is 17.7 Å². The highest BCUT2D eigenvalue weighted by molar-refractivity contribution is 7.99. The van der Waals surface area contributed by atoms with Crippen LogP contribution in [-0.2, 0) is 17.4 Å². The van der Waals surface area contributed by atoms with Crippen molar-refractivity contribution >= 4 is 35.1 Å². The summed E-state index contributed by atoms with van der Waals surface area (Å²) in [4.78, 5) is 15.6. The number of alkyl halides is 3. The number of hydrogen-bond donors (Lipinski definition) is 2. The molecular weight excluding hydrogens is 448 g/mol. The van der Waals surface area contributed by atoms with E-state index in [1.54, 1.807) is 18.2 Å². The first kappa shape index (κ1) is 21.8. The minimum Gasteiger partial charge on any atom is -0.336 e. The lowest BCUT2D eigenvalue weighted by Crippen LogP contribution is -2.18. The number of halogens is 5. The molecule has 0 fully saturated rings. The Labute approximate surface area is 176 Å². The summed E-state index contributed by atoms with van der Waals surface area (Å²) in [5, 5.41) is 9.91. The number of rotatable bonds is 6. The number of nitrogen functional groups attached to an aromatic ring is 1. The lowest BCUT2D eigenvalue weighted by atomic mass is 10.1. The van der Waals surface area contributed by atoms with Crippen LogP contribution in [-0.4, -0.2) is 31.5 Å². The van der Waals surface area contributed by atoms with E-state index in [9.17, 15) is 22.4 Å². The molecule has 1 aromatic carbocycles. The van der Waals surface area contributed by atoms with Crippen LogP contribution in [0.25, 0.3) is 0 Å². The van der Waals surface area contributed by atoms with Crippen molar-refractivity contribution in [2.75, 3.05) is 16.9 Å². The summed E-state index contributed by atoms with van der Waals surface area (Å²) in [5.41, 5.74) is -0.646. The van der Waals surface area contributed by atoms with Crippen LogP contribution in [0, 0.1) is 5.82 Å². The van der Waals surface area contributed by atoms with Crippen molar-refractivity contribution in [3.05, 3.63) is 64.3 Å². The van der Waals surface area contributed by atoms with Crippen LogP contribution in [0.2, 0.25) is 5.02 Å². The number of carbonyl (C=O) groups is 1. The topological polar surface area (TPSA) is 98.7 Å². The fourth-order valence-corrected chi connectivity index (χ4v) is 3.21. The number of nitrogens with zero attached hydrogens (tertiary/aromatic N) is 4. The lowest BCUT2D eigenvalue weighted by molar-refractivity contribution is -0.137. The van der Waals surface area contributed by atoms with Gasteiger partial charge in [-0.1, -0.05) is 41.6 Å². The maximum atomic E-state index is 13.8. The fourth-order valence-electron chi connectivity index (χ4n) is 2.32. The van der Waals surface area contributed by atoms with Gasteiger partial charge in [-0.2, -0.15) is 13.2 Å². The van der Waals surface area contributed by atoms with Gasteiger partial charge in [-0.15, -0.1) is 10.2 Å². The summed E-state index contributed by atoms with van der Waals surface area (Å²) in [6, 6.07) is 6.81. The summed E-state index contributed by atoms with van der Waals surface area (Å²) in [5.74, 6) is 4.80. The Bertz CT molecular complexity index is 1070. The van der Waals surface area contributed by atoms with E-state index < -0.39 is 23.5 Å². The maximum Gasteiger partial charge on any atom is 0.417 e. The number of anilines is 1. The highest BCUT2D eigenvalue weighted by Gasteiger charge is 2.31. The molecule has 0 saturated carbocycles. The molecule has 0 saturated heterocycles. The summed E-state index contributed by atoms with van der Waals surface area (Å²) < 4.78 is 52.8. The van der Waals surface area contributed by atoms with Crippen molar-refractivity contribution in [1.82, 2.24) is 19.9 Å². The van der Waals surface area contributed by atoms with Gasteiger partial charge in [-0.3, -0.25) is 4.79 Å². The summed E-state index contributed by atoms with van der Waals surface area (Å²) in [6.45, 7) is 0. The van der Waals surface area contributed by atoms with Crippen molar-refractivity contribution in [3.8, 4) is 0 Å². The molecule has 0 radical (unpaired) electrons. The second-order valence-electron chi connectivity index (χ2n) is 5.93. The van der Waals surface area contributed by atoms with E-state index in [2.05, 4.69) is 20.5 Å². The monoisotopic (exact) mass is 460 g/mol. The zero-order chi connectivity index (χ0) is 21.9. The summed E-state index contributed by atoms with van der Waals surface area (Å²) in [7, 11) is 0. The normalized spacial score (nSPS) is 11.5. The van der Waals surface area contributed by atoms with Gasteiger partial charge in [0, 0.05) is 12.6 Å². The quantitative estimate of drug-likeness (QED) is 0.332. The average molecular weight is 461 g/mol. The van der Waals surface area contributed by atoms with Gasteiger partial charge < -0.3 is 11.2 Å². The smallest absolute Gasteiger partial charge is 0.336 e. The lowest BCUT2D eigenvalue weighted by Gasteiger charge is -2.10. The Morgan fingerprint density at radius 2 is 2.00 bits per heavy atom. The van der Waals surface area contributed by atoms with E-state index in [1.807, 2.05) is 0 Å². The van der Waals surface area contributed by atoms with Crippen LogP contribution < -0.4 is 11.2 Å². The van der Waals surface area contributed by atoms with Crippen LogP contribution in [0.15, 0.2) is 41.7 Å². The Kier molecular flexibility index (Phi) is 6.46. The van der Waals surface area contributed by atoms with Gasteiger partial charge in [0.2, 0.25) is 11.1 Å². The van der Waals surface area contributed by atoms with E-state index in [0.717, 1.165) is 16.4 Å². The molecule has 2 aromatic heterocycles. The number of nitrogens with two attached hydrogens (primary N) is 1. The molecule has 3 aromatic rings. The van der Waals surface area contributed by atoms with Crippen LogP contribution in [0.1, 0.15) is 17.0 Å². The van der Waals surface area contributed by atoms with Crippen LogP contribution >= 0.6 is 23.4 Å². The van der Waals surface area contributed by atoms with Gasteiger partial charge in [-0.25, -0.2) is 14.1 Å². The standard InChI is InChI=1S/C17H13ClF4N6OS/c18-11-6-10(17(20,21)22)7-24-15(11)25-14(29)8-30-16-27-26-13(28(16)23)5-9-3-1-2-4-12(9)19/h1-4,6-7H,5,8,23H2,(H,24,25,29). The van der Waals surface area contributed by atoms with Gasteiger partial charge in [0.25, 0.3) is 0 Å². The van der Waals surface area contributed by atoms with Crippen LogP contribution in [0.3, 0.4) is 0 Å². The molecule has 0 aliphatic rings. The molecule has 3 rings (SSSR count). The molecule has 1 amide bonds. The number of pyridine rings is 1. The van der Waals surface area contributed by atoms with E-state index in [-0.39, 0.29) is 34.0 Å². The number of thioether (sulfide) groups is 1. The third kappa shape index (κ3) is 5.19. The molecule has 7 nitrogen and oxygen atoms in total. The minimum atomic E-state index is -4.60. The van der Waals surface area contributed by atoms with Crippen LogP contribution in [0.5, 0.6) is 0 Å². The molecule has 0 spiro atoms. The Balaban J connectivity index is 1.60. The highest BCUT2D eigenvalue weighted by Crippen LogP contribution is 2.32. The zero-order valence-corrected chi connectivity index (χ0v) is 16.5. The molecule has 158 valence electrons. The number of amides is 1. The van der Waals surface area contributed by atoms with Gasteiger partial charge in [0.15, 0.2) is 11.6 Å². The Morgan fingerprint density at radius 3 is 2.67 bits per heavy atom. The second-order valence-corrected chi connectivity index (χ2v) is 7.28.